The fourth-order valence-corrected chi connectivity index (χ4v) is 3.33. The van der Waals surface area contributed by atoms with Gasteiger partial charge in [-0.3, -0.25) is 4.79 Å². The van der Waals surface area contributed by atoms with E-state index < -0.39 is 10.0 Å². The summed E-state index contributed by atoms with van der Waals surface area (Å²) >= 11 is 0. The molecule has 1 amide bonds. The van der Waals surface area contributed by atoms with E-state index >= 15 is 0 Å². The molecular weight excluding hydrogens is 352 g/mol. The van der Waals surface area contributed by atoms with Crippen LogP contribution in [0.4, 0.5) is 0 Å². The number of hydrogen-bond donors (Lipinski definition) is 2. The topological polar surface area (TPSA) is 84.5 Å². The Bertz CT molecular complexity index is 816. The lowest BCUT2D eigenvalue weighted by molar-refractivity contribution is -0.119. The molecule has 0 aromatic heterocycles. The third kappa shape index (κ3) is 5.86. The molecule has 0 aliphatic carbocycles. The number of ether oxygens (including phenoxy) is 1. The second kappa shape index (κ2) is 9.35. The van der Waals surface area contributed by atoms with Crippen molar-refractivity contribution in [3.63, 3.8) is 0 Å². The predicted molar refractivity (Wildman–Crippen MR) is 101 cm³/mol. The first kappa shape index (κ1) is 19.9. The van der Waals surface area contributed by atoms with Gasteiger partial charge in [0.05, 0.1) is 18.6 Å². The maximum atomic E-state index is 12.2. The smallest absolute Gasteiger partial charge is 0.241 e. The molecule has 0 atom stereocenters. The lowest BCUT2D eigenvalue weighted by Gasteiger charge is -2.09. The van der Waals surface area contributed by atoms with Gasteiger partial charge in [0.1, 0.15) is 5.75 Å². The summed E-state index contributed by atoms with van der Waals surface area (Å²) in [6, 6.07) is 14.2. The number of aryl methyl sites for hydroxylation is 1. The molecule has 2 N–H and O–H groups in total. The van der Waals surface area contributed by atoms with E-state index in [1.807, 2.05) is 31.2 Å². The summed E-state index contributed by atoms with van der Waals surface area (Å²) in [6.45, 7) is 2.14. The zero-order valence-electron chi connectivity index (χ0n) is 15.0. The molecule has 7 heteroatoms. The van der Waals surface area contributed by atoms with Crippen molar-refractivity contribution in [1.82, 2.24) is 10.0 Å². The molecular formula is C19H24N2O4S. The monoisotopic (exact) mass is 376 g/mol. The van der Waals surface area contributed by atoms with Crippen LogP contribution in [0, 0.1) is 0 Å². The first-order valence-electron chi connectivity index (χ1n) is 8.43. The van der Waals surface area contributed by atoms with Crippen molar-refractivity contribution < 1.29 is 17.9 Å². The summed E-state index contributed by atoms with van der Waals surface area (Å²) in [5.74, 6) is 0.409. The van der Waals surface area contributed by atoms with E-state index in [-0.39, 0.29) is 17.3 Å². The molecule has 26 heavy (non-hydrogen) atoms. The van der Waals surface area contributed by atoms with E-state index in [1.54, 1.807) is 31.4 Å². The molecule has 0 spiro atoms. The van der Waals surface area contributed by atoms with Gasteiger partial charge in [-0.05, 0) is 48.2 Å². The van der Waals surface area contributed by atoms with Crippen molar-refractivity contribution in [2.45, 2.75) is 24.7 Å². The molecule has 0 bridgehead atoms. The van der Waals surface area contributed by atoms with Crippen LogP contribution in [0.25, 0.3) is 0 Å². The Kier molecular flexibility index (Phi) is 7.17. The van der Waals surface area contributed by atoms with Gasteiger partial charge in [-0.1, -0.05) is 31.2 Å². The summed E-state index contributed by atoms with van der Waals surface area (Å²) in [5, 5.41) is 2.70. The summed E-state index contributed by atoms with van der Waals surface area (Å²) in [4.78, 5) is 12.0. The molecule has 0 fully saturated rings. The predicted octanol–water partition coefficient (Wildman–Crippen LogP) is 1.89. The Morgan fingerprint density at radius 1 is 1.00 bits per heavy atom. The summed E-state index contributed by atoms with van der Waals surface area (Å²) < 4.78 is 31.8. The Morgan fingerprint density at radius 2 is 1.62 bits per heavy atom. The minimum Gasteiger partial charge on any atom is -0.497 e. The molecule has 0 saturated carbocycles. The van der Waals surface area contributed by atoms with Gasteiger partial charge in [0.2, 0.25) is 15.9 Å². The molecule has 140 valence electrons. The number of rotatable bonds is 9. The Hall–Kier alpha value is -2.38. The highest BCUT2D eigenvalue weighted by molar-refractivity contribution is 7.89. The lowest BCUT2D eigenvalue weighted by Crippen LogP contribution is -2.37. The van der Waals surface area contributed by atoms with E-state index in [9.17, 15) is 13.2 Å². The van der Waals surface area contributed by atoms with Crippen LogP contribution in [-0.4, -0.2) is 34.5 Å². The molecule has 0 unspecified atom stereocenters. The zero-order valence-corrected chi connectivity index (χ0v) is 15.8. The number of methoxy groups -OCH3 is 1. The number of hydrogen-bond acceptors (Lipinski definition) is 4. The summed E-state index contributed by atoms with van der Waals surface area (Å²) in [6.07, 6.45) is 1.49. The fraction of sp³-hybridized carbons (Fsp3) is 0.316. The molecule has 2 aromatic carbocycles. The van der Waals surface area contributed by atoms with Crippen LogP contribution in [0.2, 0.25) is 0 Å². The van der Waals surface area contributed by atoms with Crippen LogP contribution in [0.5, 0.6) is 5.75 Å². The fourth-order valence-electron chi connectivity index (χ4n) is 2.35. The van der Waals surface area contributed by atoms with Gasteiger partial charge in [0.25, 0.3) is 0 Å². The maximum Gasteiger partial charge on any atom is 0.241 e. The van der Waals surface area contributed by atoms with Gasteiger partial charge < -0.3 is 10.1 Å². The quantitative estimate of drug-likeness (QED) is 0.700. The lowest BCUT2D eigenvalue weighted by atomic mass is 10.1. The van der Waals surface area contributed by atoms with E-state index in [0.717, 1.165) is 23.3 Å². The van der Waals surface area contributed by atoms with Gasteiger partial charge in [-0.15, -0.1) is 0 Å². The summed E-state index contributed by atoms with van der Waals surface area (Å²) in [5.41, 5.74) is 2.11. The van der Waals surface area contributed by atoms with Crippen LogP contribution in [-0.2, 0) is 27.7 Å². The van der Waals surface area contributed by atoms with Crippen LogP contribution in [0.15, 0.2) is 53.4 Å². The van der Waals surface area contributed by atoms with Gasteiger partial charge in [0, 0.05) is 6.54 Å². The Morgan fingerprint density at radius 3 is 2.19 bits per heavy atom. The van der Waals surface area contributed by atoms with Crippen molar-refractivity contribution in [3.8, 4) is 5.75 Å². The normalized spacial score (nSPS) is 11.2. The first-order chi connectivity index (χ1) is 12.4. The van der Waals surface area contributed by atoms with Crippen LogP contribution >= 0.6 is 0 Å². The molecule has 0 saturated heterocycles. The van der Waals surface area contributed by atoms with Crippen molar-refractivity contribution in [2.24, 2.45) is 0 Å². The van der Waals surface area contributed by atoms with Gasteiger partial charge in [0.15, 0.2) is 0 Å². The minimum atomic E-state index is -3.69. The number of benzene rings is 2. The first-order valence-corrected chi connectivity index (χ1v) is 9.91. The van der Waals surface area contributed by atoms with Crippen LogP contribution in [0.1, 0.15) is 18.1 Å². The second-order valence-corrected chi connectivity index (χ2v) is 7.54. The molecule has 0 heterocycles. The third-order valence-electron chi connectivity index (χ3n) is 3.96. The molecule has 2 aromatic rings. The van der Waals surface area contributed by atoms with Gasteiger partial charge >= 0.3 is 0 Å². The number of nitrogens with one attached hydrogen (secondary N) is 2. The van der Waals surface area contributed by atoms with E-state index in [2.05, 4.69) is 10.0 Å². The average Bonchev–Trinajstić information content (AvgIpc) is 2.67. The van der Waals surface area contributed by atoms with Crippen molar-refractivity contribution >= 4 is 15.9 Å². The Labute approximate surface area is 154 Å². The average molecular weight is 376 g/mol. The SMILES string of the molecule is CCc1ccc(S(=O)(=O)NCC(=O)NCCc2ccc(OC)cc2)cc1. The highest BCUT2D eigenvalue weighted by atomic mass is 32.2. The van der Waals surface area contributed by atoms with Crippen LogP contribution in [0.3, 0.4) is 0 Å². The minimum absolute atomic E-state index is 0.153. The molecule has 0 aliphatic rings. The molecule has 2 rings (SSSR count). The highest BCUT2D eigenvalue weighted by Gasteiger charge is 2.15. The van der Waals surface area contributed by atoms with Crippen molar-refractivity contribution in [2.75, 3.05) is 20.2 Å². The van der Waals surface area contributed by atoms with Crippen LogP contribution < -0.4 is 14.8 Å². The molecule has 0 aliphatic heterocycles. The molecule has 6 nitrogen and oxygen atoms in total. The standard InChI is InChI=1S/C19H24N2O4S/c1-3-15-6-10-18(11-7-15)26(23,24)21-14-19(22)20-13-12-16-4-8-17(25-2)9-5-16/h4-11,21H,3,12-14H2,1-2H3,(H,20,22). The van der Waals surface area contributed by atoms with Crippen molar-refractivity contribution in [3.05, 3.63) is 59.7 Å². The summed E-state index contributed by atoms with van der Waals surface area (Å²) in [7, 11) is -2.08. The van der Waals surface area contributed by atoms with E-state index in [0.29, 0.717) is 13.0 Å². The Balaban J connectivity index is 1.77. The van der Waals surface area contributed by atoms with Crippen molar-refractivity contribution in [1.29, 1.82) is 0 Å². The van der Waals surface area contributed by atoms with E-state index in [4.69, 9.17) is 4.74 Å². The zero-order chi connectivity index (χ0) is 19.0. The number of sulfonamides is 1. The highest BCUT2D eigenvalue weighted by Crippen LogP contribution is 2.12. The largest absolute Gasteiger partial charge is 0.497 e. The second-order valence-electron chi connectivity index (χ2n) is 5.77. The number of amides is 1. The third-order valence-corrected chi connectivity index (χ3v) is 5.38. The maximum absolute atomic E-state index is 12.2. The number of carbonyl (C=O) groups is 1. The van der Waals surface area contributed by atoms with Gasteiger partial charge in [-0.25, -0.2) is 13.1 Å². The molecule has 0 radical (unpaired) electrons. The van der Waals surface area contributed by atoms with E-state index in [1.165, 1.54) is 0 Å². The van der Waals surface area contributed by atoms with Gasteiger partial charge in [-0.2, -0.15) is 0 Å². The number of carbonyl (C=O) groups excluding carboxylic acids is 1.